The van der Waals surface area contributed by atoms with Crippen molar-refractivity contribution in [2.45, 2.75) is 6.92 Å². The molecule has 0 saturated carbocycles. The minimum absolute atomic E-state index is 0.0175. The molecule has 19 heavy (non-hydrogen) atoms. The number of carboxylic acid groups (broad SMARTS) is 1. The van der Waals surface area contributed by atoms with E-state index in [1.54, 1.807) is 11.9 Å². The zero-order valence-corrected chi connectivity index (χ0v) is 10.8. The molecule has 0 aliphatic carbocycles. The normalized spacial score (nSPS) is 10.2. The Labute approximate surface area is 110 Å². The van der Waals surface area contributed by atoms with Crippen LogP contribution in [0.15, 0.2) is 18.2 Å². The van der Waals surface area contributed by atoms with Gasteiger partial charge in [0.25, 0.3) is 5.69 Å². The van der Waals surface area contributed by atoms with Gasteiger partial charge in [-0.15, -0.1) is 0 Å². The second-order valence-electron chi connectivity index (χ2n) is 3.88. The van der Waals surface area contributed by atoms with Crippen molar-refractivity contribution in [3.8, 4) is 0 Å². The Balaban J connectivity index is 3.02. The Morgan fingerprint density at radius 1 is 1.53 bits per heavy atom. The van der Waals surface area contributed by atoms with E-state index in [0.29, 0.717) is 19.8 Å². The smallest absolute Gasteiger partial charge is 0.335 e. The minimum atomic E-state index is -1.12. The number of anilines is 1. The first-order valence-electron chi connectivity index (χ1n) is 5.78. The Morgan fingerprint density at radius 3 is 2.74 bits per heavy atom. The van der Waals surface area contributed by atoms with Gasteiger partial charge in [-0.1, -0.05) is 0 Å². The summed E-state index contributed by atoms with van der Waals surface area (Å²) < 4.78 is 5.18. The van der Waals surface area contributed by atoms with Gasteiger partial charge < -0.3 is 14.7 Å². The average molecular weight is 268 g/mol. The van der Waals surface area contributed by atoms with Gasteiger partial charge in [0.1, 0.15) is 5.69 Å². The van der Waals surface area contributed by atoms with Crippen LogP contribution in [0.25, 0.3) is 0 Å². The van der Waals surface area contributed by atoms with Crippen molar-refractivity contribution < 1.29 is 19.6 Å². The number of ether oxygens (including phenoxy) is 1. The maximum Gasteiger partial charge on any atom is 0.335 e. The van der Waals surface area contributed by atoms with Crippen LogP contribution in [0.2, 0.25) is 0 Å². The van der Waals surface area contributed by atoms with Crippen LogP contribution in [0, 0.1) is 10.1 Å². The van der Waals surface area contributed by atoms with Crippen LogP contribution >= 0.6 is 0 Å². The highest BCUT2D eigenvalue weighted by Gasteiger charge is 2.19. The molecule has 0 amide bonds. The molecule has 104 valence electrons. The molecule has 7 nitrogen and oxygen atoms in total. The van der Waals surface area contributed by atoms with Crippen molar-refractivity contribution >= 4 is 17.3 Å². The van der Waals surface area contributed by atoms with E-state index in [0.717, 1.165) is 0 Å². The molecule has 1 N–H and O–H groups in total. The molecule has 0 aliphatic heterocycles. The zero-order chi connectivity index (χ0) is 14.4. The van der Waals surface area contributed by atoms with Gasteiger partial charge in [-0.3, -0.25) is 10.1 Å². The molecule has 0 spiro atoms. The third kappa shape index (κ3) is 3.92. The molecule has 0 unspecified atom stereocenters. The van der Waals surface area contributed by atoms with Gasteiger partial charge in [-0.2, -0.15) is 0 Å². The maximum atomic E-state index is 10.9. The first-order valence-corrected chi connectivity index (χ1v) is 5.78. The highest BCUT2D eigenvalue weighted by molar-refractivity contribution is 5.90. The van der Waals surface area contributed by atoms with E-state index < -0.39 is 10.9 Å². The van der Waals surface area contributed by atoms with Gasteiger partial charge in [0.15, 0.2) is 0 Å². The highest BCUT2D eigenvalue weighted by atomic mass is 16.6. The number of nitro benzene ring substituents is 1. The predicted octanol–water partition coefficient (Wildman–Crippen LogP) is 1.77. The summed E-state index contributed by atoms with van der Waals surface area (Å²) in [6.07, 6.45) is 0. The molecule has 0 fully saturated rings. The van der Waals surface area contributed by atoms with Gasteiger partial charge >= 0.3 is 5.97 Å². The number of carboxylic acids is 1. The van der Waals surface area contributed by atoms with E-state index in [2.05, 4.69) is 0 Å². The zero-order valence-electron chi connectivity index (χ0n) is 10.8. The molecule has 7 heteroatoms. The first kappa shape index (κ1) is 14.9. The summed E-state index contributed by atoms with van der Waals surface area (Å²) in [6, 6.07) is 3.72. The van der Waals surface area contributed by atoms with Crippen molar-refractivity contribution in [2.75, 3.05) is 31.7 Å². The van der Waals surface area contributed by atoms with Crippen LogP contribution in [-0.2, 0) is 4.74 Å². The molecular formula is C12H16N2O5. The standard InChI is InChI=1S/C12H16N2O5/c1-3-19-7-6-13(2)11-8-9(12(15)16)4-5-10(11)14(17)18/h4-5,8H,3,6-7H2,1-2H3,(H,15,16). The van der Waals surface area contributed by atoms with Crippen molar-refractivity contribution in [2.24, 2.45) is 0 Å². The number of hydrogen-bond donors (Lipinski definition) is 1. The van der Waals surface area contributed by atoms with E-state index in [1.165, 1.54) is 18.2 Å². The molecule has 1 aromatic carbocycles. The molecule has 0 aromatic heterocycles. The number of carbonyl (C=O) groups is 1. The average Bonchev–Trinajstić information content (AvgIpc) is 2.37. The van der Waals surface area contributed by atoms with Gasteiger partial charge in [-0.25, -0.2) is 4.79 Å². The van der Waals surface area contributed by atoms with Crippen LogP contribution < -0.4 is 4.90 Å². The predicted molar refractivity (Wildman–Crippen MR) is 69.8 cm³/mol. The van der Waals surface area contributed by atoms with Crippen molar-refractivity contribution in [1.82, 2.24) is 0 Å². The van der Waals surface area contributed by atoms with E-state index in [4.69, 9.17) is 9.84 Å². The minimum Gasteiger partial charge on any atom is -0.478 e. The Kier molecular flexibility index (Phi) is 5.25. The molecule has 0 atom stereocenters. The second kappa shape index (κ2) is 6.69. The second-order valence-corrected chi connectivity index (χ2v) is 3.88. The lowest BCUT2D eigenvalue weighted by atomic mass is 10.1. The highest BCUT2D eigenvalue weighted by Crippen LogP contribution is 2.28. The van der Waals surface area contributed by atoms with Crippen LogP contribution in [-0.4, -0.2) is 42.8 Å². The molecule has 0 saturated heterocycles. The largest absolute Gasteiger partial charge is 0.478 e. The van der Waals surface area contributed by atoms with E-state index in [1.807, 2.05) is 6.92 Å². The molecular weight excluding hydrogens is 252 g/mol. The van der Waals surface area contributed by atoms with E-state index in [9.17, 15) is 14.9 Å². The summed E-state index contributed by atoms with van der Waals surface area (Å²) in [5.41, 5.74) is 0.164. The number of hydrogen-bond acceptors (Lipinski definition) is 5. The summed E-state index contributed by atoms with van der Waals surface area (Å²) in [5.74, 6) is -1.12. The monoisotopic (exact) mass is 268 g/mol. The van der Waals surface area contributed by atoms with Gasteiger partial charge in [0.2, 0.25) is 0 Å². The number of aromatic carboxylic acids is 1. The fourth-order valence-corrected chi connectivity index (χ4v) is 1.58. The Morgan fingerprint density at radius 2 is 2.21 bits per heavy atom. The van der Waals surface area contributed by atoms with Crippen LogP contribution in [0.5, 0.6) is 0 Å². The fourth-order valence-electron chi connectivity index (χ4n) is 1.58. The molecule has 0 radical (unpaired) electrons. The van der Waals surface area contributed by atoms with E-state index >= 15 is 0 Å². The lowest BCUT2D eigenvalue weighted by Crippen LogP contribution is -2.23. The van der Waals surface area contributed by atoms with Gasteiger partial charge in [-0.05, 0) is 19.1 Å². The van der Waals surface area contributed by atoms with Crippen molar-refractivity contribution in [3.63, 3.8) is 0 Å². The SMILES string of the molecule is CCOCCN(C)c1cc(C(=O)O)ccc1[N+](=O)[O-]. The first-order chi connectivity index (χ1) is 8.97. The van der Waals surface area contributed by atoms with E-state index in [-0.39, 0.29) is 16.9 Å². The van der Waals surface area contributed by atoms with Crippen molar-refractivity contribution in [3.05, 3.63) is 33.9 Å². The van der Waals surface area contributed by atoms with Crippen LogP contribution in [0.4, 0.5) is 11.4 Å². The summed E-state index contributed by atoms with van der Waals surface area (Å²) in [7, 11) is 1.66. The summed E-state index contributed by atoms with van der Waals surface area (Å²) >= 11 is 0. The molecule has 0 aliphatic rings. The molecule has 0 bridgehead atoms. The third-order valence-corrected chi connectivity index (χ3v) is 2.61. The summed E-state index contributed by atoms with van der Waals surface area (Å²) in [5, 5.41) is 19.9. The van der Waals surface area contributed by atoms with Gasteiger partial charge in [0.05, 0.1) is 17.1 Å². The fraction of sp³-hybridized carbons (Fsp3) is 0.417. The quantitative estimate of drug-likeness (QED) is 0.460. The number of rotatable bonds is 7. The Hall–Kier alpha value is -2.15. The molecule has 0 heterocycles. The molecule has 1 aromatic rings. The summed E-state index contributed by atoms with van der Waals surface area (Å²) in [6.45, 7) is 3.28. The maximum absolute atomic E-state index is 10.9. The number of benzene rings is 1. The lowest BCUT2D eigenvalue weighted by molar-refractivity contribution is -0.384. The number of nitrogens with zero attached hydrogens (tertiary/aromatic N) is 2. The Bertz CT molecular complexity index is 475. The van der Waals surface area contributed by atoms with Crippen molar-refractivity contribution in [1.29, 1.82) is 0 Å². The lowest BCUT2D eigenvalue weighted by Gasteiger charge is -2.19. The topological polar surface area (TPSA) is 92.9 Å². The third-order valence-electron chi connectivity index (χ3n) is 2.61. The number of nitro groups is 1. The van der Waals surface area contributed by atoms with Crippen LogP contribution in [0.3, 0.4) is 0 Å². The molecule has 1 rings (SSSR count). The number of likely N-dealkylation sites (N-methyl/N-ethyl adjacent to an activating group) is 1. The van der Waals surface area contributed by atoms with Crippen LogP contribution in [0.1, 0.15) is 17.3 Å². The van der Waals surface area contributed by atoms with Gasteiger partial charge in [0, 0.05) is 26.3 Å². The summed E-state index contributed by atoms with van der Waals surface area (Å²) in [4.78, 5) is 22.9.